The Labute approximate surface area is 237 Å². The van der Waals surface area contributed by atoms with Gasteiger partial charge in [-0.25, -0.2) is 0 Å². The summed E-state index contributed by atoms with van der Waals surface area (Å²) in [6.07, 6.45) is 0.0285. The summed E-state index contributed by atoms with van der Waals surface area (Å²) >= 11 is 6.13. The van der Waals surface area contributed by atoms with Crippen molar-refractivity contribution < 1.29 is 13.2 Å². The minimum atomic E-state index is -4.31. The van der Waals surface area contributed by atoms with Gasteiger partial charge in [-0.15, -0.1) is 0 Å². The van der Waals surface area contributed by atoms with E-state index in [4.69, 9.17) is 11.6 Å². The van der Waals surface area contributed by atoms with Gasteiger partial charge in [-0.1, -0.05) is 54.1 Å². The second kappa shape index (κ2) is 10.7. The molecule has 0 radical (unpaired) electrons. The minimum absolute atomic E-state index is 0.609. The molecule has 1 aliphatic rings. The number of rotatable bonds is 5. The maximum atomic E-state index is 12.9. The number of piperazine rings is 1. The first kappa shape index (κ1) is 26.5. The molecule has 0 aliphatic carbocycles. The molecule has 0 amide bonds. The Hall–Kier alpha value is -3.74. The fraction of sp³-hybridized carbons (Fsp3) is 0.212. The van der Waals surface area contributed by atoms with Crippen LogP contribution in [-0.2, 0) is 12.7 Å². The van der Waals surface area contributed by atoms with Crippen molar-refractivity contribution >= 4 is 28.1 Å². The second-order valence-corrected chi connectivity index (χ2v) is 10.8. The summed E-state index contributed by atoms with van der Waals surface area (Å²) in [6, 6.07) is 26.4. The Morgan fingerprint density at radius 2 is 1.50 bits per heavy atom. The maximum absolute atomic E-state index is 12.9. The third kappa shape index (κ3) is 5.34. The normalized spacial score (nSPS) is 14.7. The number of hydrogen-bond acceptors (Lipinski definition) is 2. The van der Waals surface area contributed by atoms with Gasteiger partial charge in [0.15, 0.2) is 0 Å². The van der Waals surface area contributed by atoms with Crippen LogP contribution in [0.2, 0.25) is 5.02 Å². The topological polar surface area (TPSA) is 11.4 Å². The molecular formula is C33H29ClF3N3. The molecule has 1 aromatic heterocycles. The summed E-state index contributed by atoms with van der Waals surface area (Å²) in [6.45, 7) is 6.23. The molecule has 0 spiro atoms. The van der Waals surface area contributed by atoms with E-state index in [-0.39, 0.29) is 0 Å². The molecule has 1 saturated heterocycles. The molecule has 5 aromatic rings. The summed E-state index contributed by atoms with van der Waals surface area (Å²) in [7, 11) is 0. The summed E-state index contributed by atoms with van der Waals surface area (Å²) in [5, 5.41) is 3.11. The van der Waals surface area contributed by atoms with Crippen molar-refractivity contribution in [3.8, 4) is 16.8 Å². The van der Waals surface area contributed by atoms with E-state index < -0.39 is 11.7 Å². The number of aryl methyl sites for hydroxylation is 1. The number of anilines is 1. The lowest BCUT2D eigenvalue weighted by Gasteiger charge is -2.36. The van der Waals surface area contributed by atoms with Crippen LogP contribution in [0.3, 0.4) is 0 Å². The predicted octanol–water partition coefficient (Wildman–Crippen LogP) is 8.60. The van der Waals surface area contributed by atoms with E-state index in [1.165, 1.54) is 33.2 Å². The van der Waals surface area contributed by atoms with Gasteiger partial charge >= 0.3 is 6.18 Å². The van der Waals surface area contributed by atoms with E-state index in [0.717, 1.165) is 61.1 Å². The van der Waals surface area contributed by atoms with Gasteiger partial charge in [0.1, 0.15) is 0 Å². The van der Waals surface area contributed by atoms with Crippen LogP contribution in [0.4, 0.5) is 18.9 Å². The van der Waals surface area contributed by atoms with Gasteiger partial charge in [0.25, 0.3) is 0 Å². The van der Waals surface area contributed by atoms with E-state index in [9.17, 15) is 13.2 Å². The molecule has 7 heteroatoms. The lowest BCUT2D eigenvalue weighted by atomic mass is 9.96. The number of hydrogen-bond donors (Lipinski definition) is 0. The third-order valence-corrected chi connectivity index (χ3v) is 7.99. The second-order valence-electron chi connectivity index (χ2n) is 10.4. The van der Waals surface area contributed by atoms with Crippen LogP contribution in [0.5, 0.6) is 0 Å². The van der Waals surface area contributed by atoms with Gasteiger partial charge in [0, 0.05) is 61.2 Å². The smallest absolute Gasteiger partial charge is 0.369 e. The Kier molecular flexibility index (Phi) is 7.07. The van der Waals surface area contributed by atoms with Gasteiger partial charge in [-0.3, -0.25) is 4.90 Å². The highest BCUT2D eigenvalue weighted by Gasteiger charge is 2.30. The van der Waals surface area contributed by atoms with Crippen molar-refractivity contribution in [3.63, 3.8) is 0 Å². The van der Waals surface area contributed by atoms with Crippen LogP contribution >= 0.6 is 11.6 Å². The molecule has 3 nitrogen and oxygen atoms in total. The predicted molar refractivity (Wildman–Crippen MR) is 157 cm³/mol. The first-order chi connectivity index (χ1) is 19.3. The Bertz CT molecular complexity index is 1630. The SMILES string of the molecule is Cc1ccc2c(-c3ccc(Cl)cc3)cccc2c1-n1ccc(CN2CCN(c3ccc(C(F)(F)F)cc3)CC2)c1. The van der Waals surface area contributed by atoms with E-state index in [0.29, 0.717) is 0 Å². The number of nitrogens with zero attached hydrogens (tertiary/aromatic N) is 3. The summed E-state index contributed by atoms with van der Waals surface area (Å²) < 4.78 is 40.9. The standard InChI is InChI=1S/C33H29ClF3N3/c1-23-5-14-30-29(25-6-10-27(34)11-7-25)3-2-4-31(30)32(23)40-16-15-24(22-40)21-38-17-19-39(20-18-38)28-12-8-26(9-13-28)33(35,36)37/h2-16,22H,17-21H2,1H3. The minimum Gasteiger partial charge on any atom is -0.369 e. The molecule has 4 aromatic carbocycles. The lowest BCUT2D eigenvalue weighted by Crippen LogP contribution is -2.45. The van der Waals surface area contributed by atoms with Crippen LogP contribution in [0.25, 0.3) is 27.6 Å². The zero-order valence-electron chi connectivity index (χ0n) is 22.1. The first-order valence-electron chi connectivity index (χ1n) is 13.4. The van der Waals surface area contributed by atoms with Crippen LogP contribution in [0.1, 0.15) is 16.7 Å². The van der Waals surface area contributed by atoms with Crippen molar-refractivity contribution in [2.75, 3.05) is 31.1 Å². The number of fused-ring (bicyclic) bond motifs is 1. The molecule has 40 heavy (non-hydrogen) atoms. The van der Waals surface area contributed by atoms with Crippen molar-refractivity contribution in [1.82, 2.24) is 9.47 Å². The fourth-order valence-corrected chi connectivity index (χ4v) is 5.76. The highest BCUT2D eigenvalue weighted by Crippen LogP contribution is 2.35. The zero-order chi connectivity index (χ0) is 27.9. The highest BCUT2D eigenvalue weighted by molar-refractivity contribution is 6.30. The number of halogens is 4. The summed E-state index contributed by atoms with van der Waals surface area (Å²) in [5.41, 5.74) is 6.14. The molecule has 204 valence electrons. The molecule has 1 aliphatic heterocycles. The molecule has 0 N–H and O–H groups in total. The van der Waals surface area contributed by atoms with E-state index >= 15 is 0 Å². The molecule has 0 bridgehead atoms. The van der Waals surface area contributed by atoms with E-state index in [1.54, 1.807) is 12.1 Å². The number of alkyl halides is 3. The largest absolute Gasteiger partial charge is 0.416 e. The maximum Gasteiger partial charge on any atom is 0.416 e. The molecule has 6 rings (SSSR count). The monoisotopic (exact) mass is 559 g/mol. The quantitative estimate of drug-likeness (QED) is 0.214. The average molecular weight is 560 g/mol. The van der Waals surface area contributed by atoms with Gasteiger partial charge in [0.05, 0.1) is 11.3 Å². The molecule has 2 heterocycles. The van der Waals surface area contributed by atoms with E-state index in [1.807, 2.05) is 12.1 Å². The molecular weight excluding hydrogens is 531 g/mol. The molecule has 0 saturated carbocycles. The Morgan fingerprint density at radius 1 is 0.775 bits per heavy atom. The van der Waals surface area contributed by atoms with Crippen LogP contribution in [-0.4, -0.2) is 35.6 Å². The number of aromatic nitrogens is 1. The Morgan fingerprint density at radius 3 is 2.20 bits per heavy atom. The molecule has 0 unspecified atom stereocenters. The molecule has 1 fully saturated rings. The van der Waals surface area contributed by atoms with Crippen molar-refractivity contribution in [1.29, 1.82) is 0 Å². The molecule has 0 atom stereocenters. The Balaban J connectivity index is 1.18. The lowest BCUT2D eigenvalue weighted by molar-refractivity contribution is -0.137. The summed E-state index contributed by atoms with van der Waals surface area (Å²) in [5.74, 6) is 0. The van der Waals surface area contributed by atoms with Crippen molar-refractivity contribution in [2.45, 2.75) is 19.6 Å². The van der Waals surface area contributed by atoms with Crippen LogP contribution < -0.4 is 4.90 Å². The highest BCUT2D eigenvalue weighted by atomic mass is 35.5. The fourth-order valence-electron chi connectivity index (χ4n) is 5.63. The van der Waals surface area contributed by atoms with Gasteiger partial charge in [-0.2, -0.15) is 13.2 Å². The van der Waals surface area contributed by atoms with E-state index in [2.05, 4.69) is 82.2 Å². The summed E-state index contributed by atoms with van der Waals surface area (Å²) in [4.78, 5) is 4.55. The van der Waals surface area contributed by atoms with Crippen molar-refractivity contribution in [3.05, 3.63) is 119 Å². The third-order valence-electron chi connectivity index (χ3n) is 7.74. The van der Waals surface area contributed by atoms with Crippen LogP contribution in [0, 0.1) is 6.92 Å². The average Bonchev–Trinajstić information content (AvgIpc) is 3.41. The van der Waals surface area contributed by atoms with Crippen molar-refractivity contribution in [2.24, 2.45) is 0 Å². The van der Waals surface area contributed by atoms with Crippen LogP contribution in [0.15, 0.2) is 97.3 Å². The number of benzene rings is 4. The van der Waals surface area contributed by atoms with Gasteiger partial charge < -0.3 is 9.47 Å². The van der Waals surface area contributed by atoms with Gasteiger partial charge in [0.2, 0.25) is 0 Å². The zero-order valence-corrected chi connectivity index (χ0v) is 22.9. The first-order valence-corrected chi connectivity index (χ1v) is 13.7. The van der Waals surface area contributed by atoms with Gasteiger partial charge in [-0.05, 0) is 77.0 Å².